The first kappa shape index (κ1) is 18.5. The number of benzene rings is 1. The van der Waals surface area contributed by atoms with Crippen LogP contribution in [-0.2, 0) is 19.4 Å². The summed E-state index contributed by atoms with van der Waals surface area (Å²) in [7, 11) is 0. The van der Waals surface area contributed by atoms with Gasteiger partial charge in [0, 0.05) is 12.1 Å². The topological polar surface area (TPSA) is 38.3 Å². The second kappa shape index (κ2) is 7.50. The van der Waals surface area contributed by atoms with Crippen LogP contribution in [-0.4, -0.2) is 12.5 Å². The maximum Gasteiger partial charge on any atom is 0.261 e. The number of amides is 1. The Hall–Kier alpha value is -1.33. The number of fused-ring (bicyclic) bond motifs is 1. The number of carbonyl (C=O) groups is 1. The van der Waals surface area contributed by atoms with E-state index in [9.17, 15) is 4.79 Å². The lowest BCUT2D eigenvalue weighted by Gasteiger charge is -2.30. The van der Waals surface area contributed by atoms with Crippen LogP contribution in [0.4, 0.5) is 0 Å². The Bertz CT molecular complexity index is 782. The number of thiophene rings is 1. The second-order valence-electron chi connectivity index (χ2n) is 7.23. The highest BCUT2D eigenvalue weighted by Gasteiger charge is 2.31. The van der Waals surface area contributed by atoms with E-state index in [-0.39, 0.29) is 5.91 Å². The van der Waals surface area contributed by atoms with Crippen LogP contribution in [0.25, 0.3) is 0 Å². The highest BCUT2D eigenvalue weighted by Crippen LogP contribution is 2.43. The van der Waals surface area contributed by atoms with Gasteiger partial charge >= 0.3 is 0 Å². The first-order valence-electron chi connectivity index (χ1n) is 8.70. The van der Waals surface area contributed by atoms with Gasteiger partial charge in [0.15, 0.2) is 0 Å². The van der Waals surface area contributed by atoms with Crippen molar-refractivity contribution >= 4 is 33.2 Å². The molecule has 1 aliphatic carbocycles. The zero-order valence-electron chi connectivity index (χ0n) is 14.9. The molecule has 2 aromatic rings. The Morgan fingerprint density at radius 3 is 2.84 bits per heavy atom. The lowest BCUT2D eigenvalue weighted by atomic mass is 9.75. The minimum atomic E-state index is 0.0120. The summed E-state index contributed by atoms with van der Waals surface area (Å²) < 4.78 is 6.74. The molecule has 1 heterocycles. The van der Waals surface area contributed by atoms with Gasteiger partial charge in [-0.2, -0.15) is 0 Å². The Morgan fingerprint density at radius 2 is 2.08 bits per heavy atom. The van der Waals surface area contributed by atoms with Crippen molar-refractivity contribution in [3.63, 3.8) is 0 Å². The first-order valence-corrected chi connectivity index (χ1v) is 10.3. The van der Waals surface area contributed by atoms with Crippen LogP contribution in [0.1, 0.15) is 53.6 Å². The average Bonchev–Trinajstić information content (AvgIpc) is 2.89. The van der Waals surface area contributed by atoms with Crippen molar-refractivity contribution in [2.24, 2.45) is 5.41 Å². The maximum absolute atomic E-state index is 12.8. The molecule has 0 unspecified atom stereocenters. The third-order valence-corrected chi connectivity index (χ3v) is 6.72. The van der Waals surface area contributed by atoms with Crippen molar-refractivity contribution in [3.05, 3.63) is 49.6 Å². The number of hydrogen-bond donors (Lipinski definition) is 1. The van der Waals surface area contributed by atoms with Gasteiger partial charge in [-0.1, -0.05) is 32.0 Å². The molecule has 0 saturated carbocycles. The predicted molar refractivity (Wildman–Crippen MR) is 107 cm³/mol. The summed E-state index contributed by atoms with van der Waals surface area (Å²) in [6, 6.07) is 7.85. The quantitative estimate of drug-likeness (QED) is 0.705. The molecule has 0 fully saturated rings. The first-order chi connectivity index (χ1) is 11.9. The van der Waals surface area contributed by atoms with Crippen molar-refractivity contribution in [3.8, 4) is 5.75 Å². The number of hydrogen-bond acceptors (Lipinski definition) is 3. The van der Waals surface area contributed by atoms with E-state index in [1.54, 1.807) is 11.3 Å². The molecule has 25 heavy (non-hydrogen) atoms. The van der Waals surface area contributed by atoms with E-state index in [0.717, 1.165) is 39.2 Å². The molecule has 0 aliphatic heterocycles. The lowest BCUT2D eigenvalue weighted by Crippen LogP contribution is -2.26. The fraction of sp³-hybridized carbons (Fsp3) is 0.450. The van der Waals surface area contributed by atoms with Crippen molar-refractivity contribution in [1.82, 2.24) is 5.32 Å². The summed E-state index contributed by atoms with van der Waals surface area (Å²) in [6.45, 7) is 7.65. The van der Waals surface area contributed by atoms with E-state index < -0.39 is 0 Å². The Labute approximate surface area is 161 Å². The summed E-state index contributed by atoms with van der Waals surface area (Å²) in [4.78, 5) is 13.6. The molecule has 1 aromatic heterocycles. The summed E-state index contributed by atoms with van der Waals surface area (Å²) in [5.41, 5.74) is 3.86. The maximum atomic E-state index is 12.8. The Morgan fingerprint density at radius 1 is 1.32 bits per heavy atom. The molecule has 0 atom stereocenters. The molecule has 0 saturated heterocycles. The highest BCUT2D eigenvalue weighted by atomic mass is 79.9. The molecule has 1 N–H and O–H groups in total. The van der Waals surface area contributed by atoms with Gasteiger partial charge in [0.25, 0.3) is 5.91 Å². The number of rotatable bonds is 5. The van der Waals surface area contributed by atoms with E-state index in [4.69, 9.17) is 4.74 Å². The van der Waals surface area contributed by atoms with Crippen LogP contribution in [0.3, 0.4) is 0 Å². The minimum absolute atomic E-state index is 0.0120. The van der Waals surface area contributed by atoms with Gasteiger partial charge in [0.1, 0.15) is 5.75 Å². The molecule has 3 rings (SSSR count). The fourth-order valence-corrected chi connectivity index (χ4v) is 5.20. The van der Waals surface area contributed by atoms with Gasteiger partial charge in [0.05, 0.1) is 15.3 Å². The van der Waals surface area contributed by atoms with Crippen LogP contribution in [0.2, 0.25) is 0 Å². The second-order valence-corrected chi connectivity index (χ2v) is 9.56. The average molecular weight is 422 g/mol. The molecule has 3 nitrogen and oxygen atoms in total. The van der Waals surface area contributed by atoms with Gasteiger partial charge in [-0.05, 0) is 64.7 Å². The monoisotopic (exact) mass is 421 g/mol. The van der Waals surface area contributed by atoms with Gasteiger partial charge in [0.2, 0.25) is 0 Å². The van der Waals surface area contributed by atoms with Gasteiger partial charge in [-0.3, -0.25) is 4.79 Å². The molecule has 1 amide bonds. The summed E-state index contributed by atoms with van der Waals surface area (Å²) in [6.07, 6.45) is 3.12. The molecular formula is C20H24BrNO2S. The predicted octanol–water partition coefficient (Wildman–Crippen LogP) is 5.35. The number of para-hydroxylation sites is 1. The number of halogens is 1. The fourth-order valence-electron chi connectivity index (χ4n) is 3.32. The molecular weight excluding hydrogens is 398 g/mol. The summed E-state index contributed by atoms with van der Waals surface area (Å²) >= 11 is 5.23. The summed E-state index contributed by atoms with van der Waals surface area (Å²) in [5.74, 6) is 0.847. The van der Waals surface area contributed by atoms with Crippen LogP contribution in [0, 0.1) is 5.41 Å². The third kappa shape index (κ3) is 4.09. The molecule has 1 aromatic carbocycles. The molecule has 1 aliphatic rings. The number of carbonyl (C=O) groups excluding carboxylic acids is 1. The molecule has 0 spiro atoms. The Kier molecular flexibility index (Phi) is 5.54. The number of ether oxygens (including phenoxy) is 1. The van der Waals surface area contributed by atoms with Gasteiger partial charge in [-0.15, -0.1) is 11.3 Å². The van der Waals surface area contributed by atoms with Gasteiger partial charge < -0.3 is 10.1 Å². The van der Waals surface area contributed by atoms with Crippen LogP contribution in [0.5, 0.6) is 5.75 Å². The number of nitrogens with one attached hydrogen (secondary N) is 1. The van der Waals surface area contributed by atoms with Crippen LogP contribution >= 0.6 is 27.3 Å². The smallest absolute Gasteiger partial charge is 0.261 e. The molecule has 0 radical (unpaired) electrons. The Balaban J connectivity index is 1.75. The minimum Gasteiger partial charge on any atom is -0.494 e. The zero-order valence-corrected chi connectivity index (χ0v) is 17.4. The molecule has 134 valence electrons. The van der Waals surface area contributed by atoms with E-state index in [0.29, 0.717) is 18.6 Å². The lowest BCUT2D eigenvalue weighted by molar-refractivity contribution is 0.0953. The molecule has 0 bridgehead atoms. The molecule has 5 heteroatoms. The van der Waals surface area contributed by atoms with E-state index >= 15 is 0 Å². The largest absolute Gasteiger partial charge is 0.494 e. The van der Waals surface area contributed by atoms with E-state index in [2.05, 4.69) is 35.1 Å². The van der Waals surface area contributed by atoms with Crippen molar-refractivity contribution in [2.45, 2.75) is 46.6 Å². The van der Waals surface area contributed by atoms with Crippen LogP contribution < -0.4 is 10.1 Å². The van der Waals surface area contributed by atoms with Crippen molar-refractivity contribution < 1.29 is 9.53 Å². The van der Waals surface area contributed by atoms with Gasteiger partial charge in [-0.25, -0.2) is 0 Å². The highest BCUT2D eigenvalue weighted by molar-refractivity contribution is 9.11. The SMILES string of the molecule is CCOc1ccccc1CNC(=O)c1sc(Br)c2c1CCC(C)(C)C2. The zero-order chi connectivity index (χ0) is 18.0. The normalized spacial score (nSPS) is 15.5. The van der Waals surface area contributed by atoms with E-state index in [1.807, 2.05) is 31.2 Å². The van der Waals surface area contributed by atoms with Crippen molar-refractivity contribution in [1.29, 1.82) is 0 Å². The standard InChI is InChI=1S/C20H24BrNO2S/c1-4-24-16-8-6-5-7-13(16)12-22-19(23)17-14-9-10-20(2,3)11-15(14)18(21)25-17/h5-8H,4,9-12H2,1-3H3,(H,22,23). The third-order valence-electron chi connectivity index (χ3n) is 4.69. The van der Waals surface area contributed by atoms with Crippen molar-refractivity contribution in [2.75, 3.05) is 6.61 Å². The summed E-state index contributed by atoms with van der Waals surface area (Å²) in [5, 5.41) is 3.07. The van der Waals surface area contributed by atoms with Crippen LogP contribution in [0.15, 0.2) is 28.1 Å². The van der Waals surface area contributed by atoms with E-state index in [1.165, 1.54) is 11.1 Å².